The number of nitrogens with zero attached hydrogens (tertiary/aromatic N) is 2. The molecule has 0 atom stereocenters. The highest BCUT2D eigenvalue weighted by atomic mass is 16.5. The Kier molecular flexibility index (Phi) is 7.45. The van der Waals surface area contributed by atoms with E-state index in [-0.39, 0.29) is 17.5 Å². The Morgan fingerprint density at radius 2 is 1.81 bits per heavy atom. The van der Waals surface area contributed by atoms with E-state index < -0.39 is 0 Å². The van der Waals surface area contributed by atoms with Gasteiger partial charge in [-0.05, 0) is 37.1 Å². The van der Waals surface area contributed by atoms with E-state index in [0.29, 0.717) is 13.1 Å². The monoisotopic (exact) mass is 363 g/mol. The molecule has 0 aliphatic carbocycles. The third-order valence-corrected chi connectivity index (χ3v) is 4.14. The molecule has 0 bridgehead atoms. The predicted molar refractivity (Wildman–Crippen MR) is 106 cm³/mol. The summed E-state index contributed by atoms with van der Waals surface area (Å²) in [7, 11) is 1.62. The van der Waals surface area contributed by atoms with Crippen molar-refractivity contribution in [2.45, 2.75) is 33.0 Å². The number of methoxy groups -OCH3 is 1. The van der Waals surface area contributed by atoms with Gasteiger partial charge in [0.05, 0.1) is 7.11 Å². The molecule has 2 rings (SSSR count). The summed E-state index contributed by atoms with van der Waals surface area (Å²) in [6.45, 7) is 4.87. The molecule has 27 heavy (non-hydrogen) atoms. The number of ether oxygens (including phenoxy) is 1. The van der Waals surface area contributed by atoms with Crippen molar-refractivity contribution >= 4 is 5.91 Å². The molecule has 5 heteroatoms. The lowest BCUT2D eigenvalue weighted by atomic mass is 10.1. The smallest absolute Gasteiger partial charge is 0.266 e. The summed E-state index contributed by atoms with van der Waals surface area (Å²) in [6, 6.07) is 19.4. The van der Waals surface area contributed by atoms with E-state index in [1.165, 1.54) is 6.20 Å². The number of nitrogens with one attached hydrogen (secondary N) is 1. The highest BCUT2D eigenvalue weighted by Crippen LogP contribution is 2.13. The molecular formula is C22H25N3O2. The Morgan fingerprint density at radius 3 is 2.37 bits per heavy atom. The zero-order chi connectivity index (χ0) is 19.6. The van der Waals surface area contributed by atoms with E-state index in [1.807, 2.05) is 74.5 Å². The van der Waals surface area contributed by atoms with Crippen molar-refractivity contribution in [2.75, 3.05) is 7.11 Å². The molecule has 0 saturated carbocycles. The Balaban J connectivity index is 2.04. The van der Waals surface area contributed by atoms with Crippen LogP contribution < -0.4 is 10.1 Å². The second kappa shape index (κ2) is 10.0. The first-order valence-corrected chi connectivity index (χ1v) is 8.86. The molecule has 0 radical (unpaired) electrons. The Bertz CT molecular complexity index is 806. The normalized spacial score (nSPS) is 11.0. The van der Waals surface area contributed by atoms with Crippen LogP contribution in [0.25, 0.3) is 0 Å². The van der Waals surface area contributed by atoms with Gasteiger partial charge in [0.15, 0.2) is 0 Å². The first-order chi connectivity index (χ1) is 13.0. The summed E-state index contributed by atoms with van der Waals surface area (Å²) in [5.74, 6) is 0.509. The van der Waals surface area contributed by atoms with Crippen LogP contribution in [0, 0.1) is 11.3 Å². The Hall–Kier alpha value is -3.26. The fourth-order valence-electron chi connectivity index (χ4n) is 2.58. The van der Waals surface area contributed by atoms with Gasteiger partial charge in [-0.2, -0.15) is 5.26 Å². The summed E-state index contributed by atoms with van der Waals surface area (Å²) < 4.78 is 5.13. The van der Waals surface area contributed by atoms with Crippen molar-refractivity contribution in [3.63, 3.8) is 0 Å². The molecule has 0 aliphatic heterocycles. The predicted octanol–water partition coefficient (Wildman–Crippen LogP) is 3.63. The molecule has 0 spiro atoms. The topological polar surface area (TPSA) is 65.4 Å². The molecule has 5 nitrogen and oxygen atoms in total. The van der Waals surface area contributed by atoms with Gasteiger partial charge in [-0.15, -0.1) is 0 Å². The molecule has 2 aromatic rings. The summed E-state index contributed by atoms with van der Waals surface area (Å²) in [4.78, 5) is 14.5. The van der Waals surface area contributed by atoms with Crippen LogP contribution in [0.2, 0.25) is 0 Å². The van der Waals surface area contributed by atoms with Crippen molar-refractivity contribution in [3.8, 4) is 11.8 Å². The van der Waals surface area contributed by atoms with Crippen LogP contribution in [-0.2, 0) is 17.9 Å². The molecule has 1 N–H and O–H groups in total. The minimum absolute atomic E-state index is 0.0176. The molecule has 1 amide bonds. The summed E-state index contributed by atoms with van der Waals surface area (Å²) in [5, 5.41) is 12.5. The van der Waals surface area contributed by atoms with Gasteiger partial charge in [-0.3, -0.25) is 4.79 Å². The number of hydrogen-bond acceptors (Lipinski definition) is 4. The van der Waals surface area contributed by atoms with Crippen LogP contribution in [0.15, 0.2) is 66.4 Å². The average Bonchev–Trinajstić information content (AvgIpc) is 2.70. The zero-order valence-electron chi connectivity index (χ0n) is 16.0. The first kappa shape index (κ1) is 20.1. The number of nitriles is 1. The van der Waals surface area contributed by atoms with Crippen molar-refractivity contribution in [1.29, 1.82) is 5.26 Å². The van der Waals surface area contributed by atoms with Gasteiger partial charge < -0.3 is 15.0 Å². The standard InChI is InChI=1S/C22H25N3O2/c1-17(2)25(16-19-7-5-4-6-8-19)22(26)20(13-23)15-24-14-18-9-11-21(27-3)12-10-18/h4-12,15,17,24H,14,16H2,1-3H3/b20-15-. The Morgan fingerprint density at radius 1 is 1.15 bits per heavy atom. The van der Waals surface area contributed by atoms with Crippen LogP contribution in [0.5, 0.6) is 5.75 Å². The van der Waals surface area contributed by atoms with Crippen LogP contribution >= 0.6 is 0 Å². The number of carbonyl (C=O) groups is 1. The maximum absolute atomic E-state index is 12.8. The second-order valence-electron chi connectivity index (χ2n) is 6.41. The molecule has 2 aromatic carbocycles. The van der Waals surface area contributed by atoms with Crippen molar-refractivity contribution in [1.82, 2.24) is 10.2 Å². The Labute approximate surface area is 160 Å². The van der Waals surface area contributed by atoms with E-state index in [9.17, 15) is 10.1 Å². The minimum atomic E-state index is -0.279. The summed E-state index contributed by atoms with van der Waals surface area (Å²) in [5.41, 5.74) is 2.15. The van der Waals surface area contributed by atoms with Gasteiger partial charge in [0, 0.05) is 25.3 Å². The largest absolute Gasteiger partial charge is 0.497 e. The van der Waals surface area contributed by atoms with Gasteiger partial charge in [0.2, 0.25) is 0 Å². The quantitative estimate of drug-likeness (QED) is 0.574. The van der Waals surface area contributed by atoms with Crippen LogP contribution in [0.4, 0.5) is 0 Å². The molecular weight excluding hydrogens is 338 g/mol. The van der Waals surface area contributed by atoms with Gasteiger partial charge in [0.25, 0.3) is 5.91 Å². The number of carbonyl (C=O) groups excluding carboxylic acids is 1. The van der Waals surface area contributed by atoms with Crippen molar-refractivity contribution in [2.24, 2.45) is 0 Å². The van der Waals surface area contributed by atoms with E-state index in [1.54, 1.807) is 12.0 Å². The molecule has 0 heterocycles. The SMILES string of the molecule is COc1ccc(CN/C=C(/C#N)C(=O)N(Cc2ccccc2)C(C)C)cc1. The van der Waals surface area contributed by atoms with Gasteiger partial charge in [-0.25, -0.2) is 0 Å². The molecule has 0 saturated heterocycles. The van der Waals surface area contributed by atoms with Crippen molar-refractivity contribution in [3.05, 3.63) is 77.5 Å². The number of amides is 1. The first-order valence-electron chi connectivity index (χ1n) is 8.86. The summed E-state index contributed by atoms with van der Waals surface area (Å²) in [6.07, 6.45) is 1.49. The maximum atomic E-state index is 12.8. The maximum Gasteiger partial charge on any atom is 0.266 e. The molecule has 0 aliphatic rings. The molecule has 0 fully saturated rings. The highest BCUT2D eigenvalue weighted by Gasteiger charge is 2.21. The summed E-state index contributed by atoms with van der Waals surface area (Å²) >= 11 is 0. The van der Waals surface area contributed by atoms with E-state index in [0.717, 1.165) is 16.9 Å². The number of rotatable bonds is 8. The van der Waals surface area contributed by atoms with Crippen LogP contribution in [0.1, 0.15) is 25.0 Å². The second-order valence-corrected chi connectivity index (χ2v) is 6.41. The third-order valence-electron chi connectivity index (χ3n) is 4.14. The van der Waals surface area contributed by atoms with Crippen molar-refractivity contribution < 1.29 is 9.53 Å². The van der Waals surface area contributed by atoms with Gasteiger partial charge in [0.1, 0.15) is 17.4 Å². The fraction of sp³-hybridized carbons (Fsp3) is 0.273. The molecule has 0 unspecified atom stereocenters. The third kappa shape index (κ3) is 5.89. The van der Waals surface area contributed by atoms with Gasteiger partial charge >= 0.3 is 0 Å². The lowest BCUT2D eigenvalue weighted by molar-refractivity contribution is -0.129. The van der Waals surface area contributed by atoms with Crippen LogP contribution in [-0.4, -0.2) is 24.0 Å². The fourth-order valence-corrected chi connectivity index (χ4v) is 2.58. The lowest BCUT2D eigenvalue weighted by Crippen LogP contribution is -2.37. The minimum Gasteiger partial charge on any atom is -0.497 e. The average molecular weight is 363 g/mol. The molecule has 0 aromatic heterocycles. The zero-order valence-corrected chi connectivity index (χ0v) is 16.0. The van der Waals surface area contributed by atoms with Crippen LogP contribution in [0.3, 0.4) is 0 Å². The molecule has 140 valence electrons. The van der Waals surface area contributed by atoms with E-state index >= 15 is 0 Å². The lowest BCUT2D eigenvalue weighted by Gasteiger charge is -2.26. The van der Waals surface area contributed by atoms with Gasteiger partial charge in [-0.1, -0.05) is 42.5 Å². The van der Waals surface area contributed by atoms with E-state index in [4.69, 9.17) is 4.74 Å². The van der Waals surface area contributed by atoms with E-state index in [2.05, 4.69) is 5.32 Å². The highest BCUT2D eigenvalue weighted by molar-refractivity contribution is 5.97. The number of benzene rings is 2. The number of hydrogen-bond donors (Lipinski definition) is 1.